The minimum atomic E-state index is -3.64. The summed E-state index contributed by atoms with van der Waals surface area (Å²) >= 11 is 0. The Bertz CT molecular complexity index is 899. The number of piperazine rings is 1. The molecule has 26 heavy (non-hydrogen) atoms. The lowest BCUT2D eigenvalue weighted by molar-refractivity contribution is -0.122. The third-order valence-corrected chi connectivity index (χ3v) is 6.92. The predicted octanol–water partition coefficient (Wildman–Crippen LogP) is 1.79. The molecule has 2 aromatic rings. The van der Waals surface area contributed by atoms with Crippen molar-refractivity contribution in [3.63, 3.8) is 0 Å². The van der Waals surface area contributed by atoms with E-state index >= 15 is 0 Å². The van der Waals surface area contributed by atoms with Crippen molar-refractivity contribution >= 4 is 27.1 Å². The van der Waals surface area contributed by atoms with Crippen molar-refractivity contribution in [2.75, 3.05) is 31.1 Å². The van der Waals surface area contributed by atoms with Gasteiger partial charge in [-0.1, -0.05) is 24.3 Å². The van der Waals surface area contributed by atoms with Crippen LogP contribution in [0, 0.1) is 0 Å². The number of amides is 1. The average molecular weight is 371 g/mol. The van der Waals surface area contributed by atoms with Gasteiger partial charge >= 0.3 is 0 Å². The van der Waals surface area contributed by atoms with Gasteiger partial charge in [-0.25, -0.2) is 8.42 Å². The van der Waals surface area contributed by atoms with Gasteiger partial charge in [0.2, 0.25) is 15.7 Å². The van der Waals surface area contributed by atoms with Gasteiger partial charge in [-0.05, 0) is 31.2 Å². The number of rotatable bonds is 2. The Kier molecular flexibility index (Phi) is 4.30. The van der Waals surface area contributed by atoms with Crippen molar-refractivity contribution < 1.29 is 13.2 Å². The van der Waals surface area contributed by atoms with Crippen LogP contribution in [0.15, 0.2) is 58.3 Å². The van der Waals surface area contributed by atoms with Crippen LogP contribution in [0.3, 0.4) is 0 Å². The topological polar surface area (TPSA) is 69.7 Å². The quantitative estimate of drug-likeness (QED) is 0.872. The van der Waals surface area contributed by atoms with Crippen LogP contribution in [0.5, 0.6) is 0 Å². The normalized spacial score (nSPS) is 20.1. The van der Waals surface area contributed by atoms with Crippen LogP contribution in [0.1, 0.15) is 6.92 Å². The fourth-order valence-electron chi connectivity index (χ4n) is 3.64. The Morgan fingerprint density at radius 1 is 0.962 bits per heavy atom. The SMILES string of the molecule is CC(C(=O)N1c2ccccc2S(=O)(=O)c2ccccc21)N1CCNCC1. The van der Waals surface area contributed by atoms with Crippen LogP contribution in [-0.4, -0.2) is 51.4 Å². The Labute approximate surface area is 153 Å². The van der Waals surface area contributed by atoms with Gasteiger partial charge < -0.3 is 5.32 Å². The molecule has 0 aliphatic carbocycles. The number of nitrogens with one attached hydrogen (secondary N) is 1. The number of benzene rings is 2. The van der Waals surface area contributed by atoms with Crippen LogP contribution in [0.25, 0.3) is 0 Å². The molecule has 136 valence electrons. The van der Waals surface area contributed by atoms with Crippen molar-refractivity contribution in [1.82, 2.24) is 10.2 Å². The molecule has 1 amide bonds. The Morgan fingerprint density at radius 2 is 1.46 bits per heavy atom. The number of fused-ring (bicyclic) bond motifs is 2. The molecule has 2 aromatic carbocycles. The van der Waals surface area contributed by atoms with Crippen LogP contribution >= 0.6 is 0 Å². The fourth-order valence-corrected chi connectivity index (χ4v) is 5.26. The number of hydrogen-bond acceptors (Lipinski definition) is 5. The van der Waals surface area contributed by atoms with Gasteiger partial charge in [-0.3, -0.25) is 14.6 Å². The van der Waals surface area contributed by atoms with E-state index in [1.807, 2.05) is 6.92 Å². The van der Waals surface area contributed by atoms with Crippen LogP contribution in [0.2, 0.25) is 0 Å². The summed E-state index contributed by atoms with van der Waals surface area (Å²) in [5, 5.41) is 3.28. The van der Waals surface area contributed by atoms with Gasteiger partial charge in [0.1, 0.15) is 0 Å². The minimum Gasteiger partial charge on any atom is -0.314 e. The molecule has 0 radical (unpaired) electrons. The highest BCUT2D eigenvalue weighted by molar-refractivity contribution is 7.92. The second-order valence-electron chi connectivity index (χ2n) is 6.57. The number of para-hydroxylation sites is 2. The zero-order valence-corrected chi connectivity index (χ0v) is 15.4. The van der Waals surface area contributed by atoms with E-state index < -0.39 is 9.84 Å². The summed E-state index contributed by atoms with van der Waals surface area (Å²) in [7, 11) is -3.64. The number of sulfone groups is 1. The van der Waals surface area contributed by atoms with Crippen LogP contribution < -0.4 is 10.2 Å². The van der Waals surface area contributed by atoms with E-state index in [1.165, 1.54) is 0 Å². The molecule has 2 heterocycles. The lowest BCUT2D eigenvalue weighted by atomic mass is 10.1. The van der Waals surface area contributed by atoms with Crippen molar-refractivity contribution in [1.29, 1.82) is 0 Å². The number of anilines is 2. The maximum absolute atomic E-state index is 13.4. The van der Waals surface area contributed by atoms with Crippen molar-refractivity contribution in [3.05, 3.63) is 48.5 Å². The predicted molar refractivity (Wildman–Crippen MR) is 99.4 cm³/mol. The molecule has 1 unspecified atom stereocenters. The smallest absolute Gasteiger partial charge is 0.248 e. The van der Waals surface area contributed by atoms with Crippen LogP contribution in [0.4, 0.5) is 11.4 Å². The highest BCUT2D eigenvalue weighted by atomic mass is 32.2. The molecular weight excluding hydrogens is 350 g/mol. The zero-order chi connectivity index (χ0) is 18.3. The number of carbonyl (C=O) groups excluding carboxylic acids is 1. The zero-order valence-electron chi connectivity index (χ0n) is 14.6. The van der Waals surface area contributed by atoms with E-state index in [2.05, 4.69) is 10.2 Å². The third-order valence-electron chi connectivity index (χ3n) is 5.07. The van der Waals surface area contributed by atoms with Gasteiger partial charge in [-0.2, -0.15) is 0 Å². The van der Waals surface area contributed by atoms with Crippen LogP contribution in [-0.2, 0) is 14.6 Å². The summed E-state index contributed by atoms with van der Waals surface area (Å²) in [6.07, 6.45) is 0. The Hall–Kier alpha value is -2.22. The van der Waals surface area contributed by atoms with E-state index in [-0.39, 0.29) is 21.7 Å². The number of hydrogen-bond donors (Lipinski definition) is 1. The van der Waals surface area contributed by atoms with Crippen molar-refractivity contribution in [3.8, 4) is 0 Å². The molecular formula is C19H21N3O3S. The number of nitrogens with zero attached hydrogens (tertiary/aromatic N) is 2. The highest BCUT2D eigenvalue weighted by Gasteiger charge is 2.39. The van der Waals surface area contributed by atoms with Gasteiger partial charge in [0.05, 0.1) is 27.2 Å². The molecule has 1 saturated heterocycles. The molecule has 0 spiro atoms. The van der Waals surface area contributed by atoms with E-state index in [0.717, 1.165) is 26.2 Å². The number of carbonyl (C=O) groups is 1. The first-order chi connectivity index (χ1) is 12.5. The van der Waals surface area contributed by atoms with E-state index in [0.29, 0.717) is 11.4 Å². The molecule has 1 N–H and O–H groups in total. The first-order valence-corrected chi connectivity index (χ1v) is 10.2. The third kappa shape index (κ3) is 2.63. The summed E-state index contributed by atoms with van der Waals surface area (Å²) in [4.78, 5) is 17.5. The molecule has 1 atom stereocenters. The van der Waals surface area contributed by atoms with Gasteiger partial charge in [0.15, 0.2) is 0 Å². The second-order valence-corrected chi connectivity index (χ2v) is 8.46. The van der Waals surface area contributed by atoms with E-state index in [4.69, 9.17) is 0 Å². The highest BCUT2D eigenvalue weighted by Crippen LogP contribution is 2.44. The summed E-state index contributed by atoms with van der Waals surface area (Å²) < 4.78 is 26.0. The molecule has 0 saturated carbocycles. The monoisotopic (exact) mass is 371 g/mol. The molecule has 7 heteroatoms. The molecule has 4 rings (SSSR count). The lowest BCUT2D eigenvalue weighted by Gasteiger charge is -2.37. The van der Waals surface area contributed by atoms with Crippen molar-refractivity contribution in [2.24, 2.45) is 0 Å². The standard InChI is InChI=1S/C19H21N3O3S/c1-14(21-12-10-20-11-13-21)19(23)22-15-6-2-4-8-17(15)26(24,25)18-9-5-3-7-16(18)22/h2-9,14,20H,10-13H2,1H3. The van der Waals surface area contributed by atoms with Crippen molar-refractivity contribution in [2.45, 2.75) is 22.8 Å². The summed E-state index contributed by atoms with van der Waals surface area (Å²) in [6, 6.07) is 13.1. The first-order valence-electron chi connectivity index (χ1n) is 8.74. The molecule has 0 aromatic heterocycles. The fraction of sp³-hybridized carbons (Fsp3) is 0.316. The largest absolute Gasteiger partial charge is 0.314 e. The van der Waals surface area contributed by atoms with Gasteiger partial charge in [-0.15, -0.1) is 0 Å². The lowest BCUT2D eigenvalue weighted by Crippen LogP contribution is -2.53. The average Bonchev–Trinajstić information content (AvgIpc) is 2.68. The maximum atomic E-state index is 13.4. The van der Waals surface area contributed by atoms with Gasteiger partial charge in [0.25, 0.3) is 0 Å². The minimum absolute atomic E-state index is 0.110. The molecule has 2 aliphatic heterocycles. The summed E-state index contributed by atoms with van der Waals surface area (Å²) in [5.74, 6) is -0.110. The second kappa shape index (κ2) is 6.50. The first kappa shape index (κ1) is 17.2. The molecule has 0 bridgehead atoms. The Balaban J connectivity index is 1.83. The van der Waals surface area contributed by atoms with E-state index in [1.54, 1.807) is 53.4 Å². The summed E-state index contributed by atoms with van der Waals surface area (Å²) in [5.41, 5.74) is 0.858. The molecule has 2 aliphatic rings. The Morgan fingerprint density at radius 3 is 2.00 bits per heavy atom. The maximum Gasteiger partial charge on any atom is 0.248 e. The van der Waals surface area contributed by atoms with E-state index in [9.17, 15) is 13.2 Å². The van der Waals surface area contributed by atoms with Gasteiger partial charge in [0, 0.05) is 26.2 Å². The summed E-state index contributed by atoms with van der Waals surface area (Å²) in [6.45, 7) is 5.17. The molecule has 6 nitrogen and oxygen atoms in total. The molecule has 1 fully saturated rings.